The molecule has 0 fully saturated rings. The molecule has 1 amide bonds. The molecule has 29 heavy (non-hydrogen) atoms. The minimum atomic E-state index is -1.15. The average molecular weight is 593 g/mol. The SMILES string of the molecule is CSCSCSCSCSC(=O)NCSCSCSCSC/N=C/S(=O)CCO. The van der Waals surface area contributed by atoms with Crippen LogP contribution < -0.4 is 5.32 Å². The van der Waals surface area contributed by atoms with Crippen LogP contribution in [0.25, 0.3) is 0 Å². The Morgan fingerprint density at radius 2 is 1.52 bits per heavy atom. The first-order chi connectivity index (χ1) is 14.2. The first kappa shape index (κ1) is 31.4. The van der Waals surface area contributed by atoms with Gasteiger partial charge in [0, 0.05) is 35.6 Å². The molecule has 0 radical (unpaired) electrons. The number of carbonyl (C=O) groups excluding carboxylic acids is 1. The number of aliphatic hydroxyl groups is 1. The molecule has 0 bridgehead atoms. The van der Waals surface area contributed by atoms with Crippen molar-refractivity contribution in [3.8, 4) is 0 Å². The first-order valence-electron chi connectivity index (χ1n) is 8.12. The lowest BCUT2D eigenvalue weighted by Gasteiger charge is -2.05. The molecule has 0 aliphatic heterocycles. The highest BCUT2D eigenvalue weighted by Crippen LogP contribution is 2.23. The van der Waals surface area contributed by atoms with Crippen LogP contribution in [0.3, 0.4) is 0 Å². The van der Waals surface area contributed by atoms with Gasteiger partial charge in [0.1, 0.15) is 0 Å². The molecule has 0 aromatic heterocycles. The highest BCUT2D eigenvalue weighted by molar-refractivity contribution is 8.30. The van der Waals surface area contributed by atoms with Gasteiger partial charge >= 0.3 is 0 Å². The van der Waals surface area contributed by atoms with Gasteiger partial charge in [-0.2, -0.15) is 11.8 Å². The van der Waals surface area contributed by atoms with Crippen LogP contribution in [0, 0.1) is 0 Å². The molecule has 0 rings (SSSR count). The Bertz CT molecular complexity index is 434. The van der Waals surface area contributed by atoms with Crippen molar-refractivity contribution in [2.75, 3.05) is 66.0 Å². The number of aliphatic imine (C=N–C) groups is 1. The third-order valence-corrected chi connectivity index (χ3v) is 13.7. The molecule has 0 saturated carbocycles. The second-order valence-corrected chi connectivity index (χ2v) is 17.1. The monoisotopic (exact) mass is 592 g/mol. The maximum atomic E-state index is 11.7. The van der Waals surface area contributed by atoms with Crippen molar-refractivity contribution in [2.45, 2.75) is 0 Å². The largest absolute Gasteiger partial charge is 0.395 e. The number of carbonyl (C=O) groups is 1. The molecule has 15 heteroatoms. The summed E-state index contributed by atoms with van der Waals surface area (Å²) in [4.78, 5) is 15.8. The molecule has 1 atom stereocenters. The molecule has 0 heterocycles. The number of hydrogen-bond acceptors (Lipinski definition) is 13. The smallest absolute Gasteiger partial charge is 0.280 e. The Kier molecular flexibility index (Phi) is 28.9. The lowest BCUT2D eigenvalue weighted by Crippen LogP contribution is -2.17. The van der Waals surface area contributed by atoms with Gasteiger partial charge in [-0.25, -0.2) is 0 Å². The summed E-state index contributed by atoms with van der Waals surface area (Å²) < 4.78 is 11.2. The summed E-state index contributed by atoms with van der Waals surface area (Å²) in [6.45, 7) is -0.0736. The van der Waals surface area contributed by atoms with E-state index in [2.05, 4.69) is 16.6 Å². The molecule has 172 valence electrons. The fourth-order valence-corrected chi connectivity index (χ4v) is 11.3. The topological polar surface area (TPSA) is 78.8 Å². The number of rotatable bonds is 21. The zero-order valence-electron chi connectivity index (χ0n) is 16.1. The Labute approximate surface area is 215 Å². The van der Waals surface area contributed by atoms with E-state index in [0.29, 0.717) is 11.8 Å². The van der Waals surface area contributed by atoms with Gasteiger partial charge in [-0.3, -0.25) is 14.0 Å². The van der Waals surface area contributed by atoms with Crippen molar-refractivity contribution in [3.05, 3.63) is 0 Å². The van der Waals surface area contributed by atoms with E-state index in [-0.39, 0.29) is 17.6 Å². The number of nitrogens with zero attached hydrogens (tertiary/aromatic N) is 1. The fraction of sp³-hybridized carbons (Fsp3) is 0.857. The Balaban J connectivity index is 3.24. The van der Waals surface area contributed by atoms with Gasteiger partial charge in [0.15, 0.2) is 0 Å². The van der Waals surface area contributed by atoms with Crippen molar-refractivity contribution in [1.82, 2.24) is 5.32 Å². The molecular weight excluding hydrogens is 565 g/mol. The van der Waals surface area contributed by atoms with Gasteiger partial charge in [0.05, 0.1) is 40.5 Å². The third-order valence-electron chi connectivity index (χ3n) is 2.28. The summed E-state index contributed by atoms with van der Waals surface area (Å²) in [5.41, 5.74) is 1.41. The standard InChI is InChI=1S/C14H28N2O3S10/c1-20-7-23-10-26-12-27-13-28-14(18)16-5-22-9-25-11-24-8-21-4-15-6-29(19)3-2-17/h6,17H,2-5,7-13H2,1H3,(H,16,18)/b15-6+. The fourth-order valence-electron chi connectivity index (χ4n) is 1.19. The molecule has 2 N–H and O–H groups in total. The summed E-state index contributed by atoms with van der Waals surface area (Å²) in [7, 11) is -1.15. The van der Waals surface area contributed by atoms with Gasteiger partial charge in [-0.1, -0.05) is 11.8 Å². The minimum Gasteiger partial charge on any atom is -0.395 e. The predicted molar refractivity (Wildman–Crippen MR) is 155 cm³/mol. The molecule has 0 aliphatic carbocycles. The minimum absolute atomic E-state index is 0.0583. The number of nitrogens with one attached hydrogen (secondary N) is 1. The zero-order chi connectivity index (χ0) is 21.4. The molecular formula is C14H28N2O3S10. The van der Waals surface area contributed by atoms with E-state index in [9.17, 15) is 9.00 Å². The second-order valence-electron chi connectivity index (χ2n) is 4.52. The normalized spacial score (nSPS) is 12.5. The number of amides is 1. The van der Waals surface area contributed by atoms with Gasteiger partial charge < -0.3 is 10.4 Å². The summed E-state index contributed by atoms with van der Waals surface area (Å²) in [6, 6.07) is 0. The van der Waals surface area contributed by atoms with Crippen LogP contribution in [0.2, 0.25) is 0 Å². The summed E-state index contributed by atoms with van der Waals surface area (Å²) >= 11 is 15.9. The molecule has 0 aliphatic rings. The quantitative estimate of drug-likeness (QED) is 0.0785. The van der Waals surface area contributed by atoms with Crippen molar-refractivity contribution < 1.29 is 14.1 Å². The van der Waals surface area contributed by atoms with E-state index in [4.69, 9.17) is 5.11 Å². The van der Waals surface area contributed by atoms with Crippen molar-refractivity contribution >= 4 is 127 Å². The van der Waals surface area contributed by atoms with Gasteiger partial charge in [-0.05, 0) is 6.26 Å². The summed E-state index contributed by atoms with van der Waals surface area (Å²) in [5.74, 6) is 1.51. The number of thioether (sulfide) groups is 9. The van der Waals surface area contributed by atoms with E-state index < -0.39 is 10.8 Å². The van der Waals surface area contributed by atoms with E-state index in [0.717, 1.165) is 35.6 Å². The van der Waals surface area contributed by atoms with Crippen molar-refractivity contribution in [3.63, 3.8) is 0 Å². The van der Waals surface area contributed by atoms with Gasteiger partial charge in [-0.15, -0.1) is 82.3 Å². The van der Waals surface area contributed by atoms with Crippen molar-refractivity contribution in [1.29, 1.82) is 0 Å². The molecule has 0 spiro atoms. The zero-order valence-corrected chi connectivity index (χ0v) is 24.3. The average Bonchev–Trinajstić information content (AvgIpc) is 2.71. The summed E-state index contributed by atoms with van der Waals surface area (Å²) in [6.07, 6.45) is 2.12. The van der Waals surface area contributed by atoms with E-state index in [1.54, 1.807) is 35.3 Å². The molecule has 1 unspecified atom stereocenters. The number of hydrogen-bond donors (Lipinski definition) is 2. The van der Waals surface area contributed by atoms with E-state index in [1.807, 2.05) is 58.8 Å². The van der Waals surface area contributed by atoms with Crippen LogP contribution in [-0.2, 0) is 10.8 Å². The highest BCUT2D eigenvalue weighted by atomic mass is 32.3. The lowest BCUT2D eigenvalue weighted by atomic mass is 10.9. The Morgan fingerprint density at radius 1 is 0.931 bits per heavy atom. The van der Waals surface area contributed by atoms with Crippen LogP contribution >= 0.6 is 106 Å². The maximum absolute atomic E-state index is 11.7. The molecule has 0 saturated heterocycles. The van der Waals surface area contributed by atoms with Gasteiger partial charge in [0.25, 0.3) is 5.24 Å². The van der Waals surface area contributed by atoms with Crippen LogP contribution in [-0.4, -0.2) is 86.1 Å². The molecule has 0 aromatic rings. The van der Waals surface area contributed by atoms with Crippen LogP contribution in [0.4, 0.5) is 4.79 Å². The third kappa shape index (κ3) is 26.5. The van der Waals surface area contributed by atoms with Crippen LogP contribution in [0.5, 0.6) is 0 Å². The Morgan fingerprint density at radius 3 is 2.17 bits per heavy atom. The Hall–Kier alpha value is 2.40. The van der Waals surface area contributed by atoms with E-state index in [1.165, 1.54) is 17.3 Å². The highest BCUT2D eigenvalue weighted by Gasteiger charge is 2.01. The first-order valence-corrected chi connectivity index (χ1v) is 20.0. The summed E-state index contributed by atoms with van der Waals surface area (Å²) in [5, 5.41) is 18.6. The maximum Gasteiger partial charge on any atom is 0.280 e. The number of aliphatic hydroxyl groups excluding tert-OH is 1. The van der Waals surface area contributed by atoms with Crippen LogP contribution in [0.15, 0.2) is 4.99 Å². The van der Waals surface area contributed by atoms with Crippen LogP contribution in [0.1, 0.15) is 0 Å². The second kappa shape index (κ2) is 26.7. The van der Waals surface area contributed by atoms with Gasteiger partial charge in [0.2, 0.25) is 0 Å². The molecule has 5 nitrogen and oxygen atoms in total. The lowest BCUT2D eigenvalue weighted by molar-refractivity contribution is 0.262. The predicted octanol–water partition coefficient (Wildman–Crippen LogP) is 5.31. The molecule has 0 aromatic carbocycles. The van der Waals surface area contributed by atoms with Crippen molar-refractivity contribution in [2.24, 2.45) is 4.99 Å². The van der Waals surface area contributed by atoms with E-state index >= 15 is 0 Å².